The lowest BCUT2D eigenvalue weighted by Crippen LogP contribution is -2.23. The molecule has 1 aliphatic carbocycles. The van der Waals surface area contributed by atoms with Gasteiger partial charge in [0.2, 0.25) is 0 Å². The van der Waals surface area contributed by atoms with Gasteiger partial charge in [-0.25, -0.2) is 0 Å². The zero-order valence-corrected chi connectivity index (χ0v) is 12.0. The molecule has 1 heterocycles. The minimum Gasteiger partial charge on any atom is -0.409 e. The van der Waals surface area contributed by atoms with Crippen molar-refractivity contribution < 1.29 is 9.94 Å². The molecule has 1 aliphatic rings. The van der Waals surface area contributed by atoms with E-state index in [4.69, 9.17) is 15.7 Å². The van der Waals surface area contributed by atoms with E-state index in [0.29, 0.717) is 18.4 Å². The standard InChI is InChI=1S/C15H23N3O2/c1-2-11-5-3-7-13(9-11)20-10-12-6-4-8-17-14(12)15(16)18-19/h4,6,8,11,13,19H,2-3,5,7,9-10H2,1H3,(H2,16,18). The van der Waals surface area contributed by atoms with Gasteiger partial charge < -0.3 is 15.7 Å². The van der Waals surface area contributed by atoms with Crippen LogP contribution < -0.4 is 5.73 Å². The van der Waals surface area contributed by atoms with Crippen molar-refractivity contribution in [2.45, 2.75) is 51.7 Å². The Morgan fingerprint density at radius 2 is 2.40 bits per heavy atom. The van der Waals surface area contributed by atoms with Crippen LogP contribution in [0.5, 0.6) is 0 Å². The Bertz CT molecular complexity index is 462. The summed E-state index contributed by atoms with van der Waals surface area (Å²) in [5.41, 5.74) is 6.99. The van der Waals surface area contributed by atoms with Gasteiger partial charge in [-0.05, 0) is 24.8 Å². The quantitative estimate of drug-likeness (QED) is 0.375. The molecule has 0 spiro atoms. The molecule has 0 bridgehead atoms. The molecule has 2 unspecified atom stereocenters. The Hall–Kier alpha value is -1.62. The molecule has 3 N–H and O–H groups in total. The number of nitrogens with two attached hydrogens (primary N) is 1. The van der Waals surface area contributed by atoms with E-state index in [-0.39, 0.29) is 5.84 Å². The lowest BCUT2D eigenvalue weighted by atomic mass is 9.85. The second-order valence-corrected chi connectivity index (χ2v) is 5.37. The van der Waals surface area contributed by atoms with Crippen molar-refractivity contribution in [1.29, 1.82) is 0 Å². The summed E-state index contributed by atoms with van der Waals surface area (Å²) in [5.74, 6) is 0.811. The molecule has 5 heteroatoms. The fraction of sp³-hybridized carbons (Fsp3) is 0.600. The number of amidine groups is 1. The van der Waals surface area contributed by atoms with Gasteiger partial charge in [-0.1, -0.05) is 37.4 Å². The van der Waals surface area contributed by atoms with Crippen LogP contribution in [0.2, 0.25) is 0 Å². The summed E-state index contributed by atoms with van der Waals surface area (Å²) in [4.78, 5) is 4.15. The molecule has 1 aromatic heterocycles. The minimum atomic E-state index is 0.0271. The second-order valence-electron chi connectivity index (χ2n) is 5.37. The van der Waals surface area contributed by atoms with Crippen LogP contribution in [0.4, 0.5) is 0 Å². The highest BCUT2D eigenvalue weighted by molar-refractivity contribution is 5.96. The van der Waals surface area contributed by atoms with Gasteiger partial charge in [-0.3, -0.25) is 4.98 Å². The van der Waals surface area contributed by atoms with Gasteiger partial charge >= 0.3 is 0 Å². The van der Waals surface area contributed by atoms with Gasteiger partial charge in [0.1, 0.15) is 5.69 Å². The predicted molar refractivity (Wildman–Crippen MR) is 77.6 cm³/mol. The Labute approximate surface area is 119 Å². The first kappa shape index (κ1) is 14.8. The Balaban J connectivity index is 1.97. The summed E-state index contributed by atoms with van der Waals surface area (Å²) in [7, 11) is 0. The third kappa shape index (κ3) is 3.70. The fourth-order valence-corrected chi connectivity index (χ4v) is 2.80. The number of aromatic nitrogens is 1. The number of nitrogens with zero attached hydrogens (tertiary/aromatic N) is 2. The number of ether oxygens (including phenoxy) is 1. The summed E-state index contributed by atoms with van der Waals surface area (Å²) in [5, 5.41) is 11.8. The van der Waals surface area contributed by atoms with E-state index in [0.717, 1.165) is 24.3 Å². The number of hydrogen-bond acceptors (Lipinski definition) is 4. The largest absolute Gasteiger partial charge is 0.409 e. The lowest BCUT2D eigenvalue weighted by molar-refractivity contribution is 0.00160. The van der Waals surface area contributed by atoms with Crippen LogP contribution in [0.1, 0.15) is 50.3 Å². The van der Waals surface area contributed by atoms with Crippen molar-refractivity contribution >= 4 is 5.84 Å². The molecule has 0 saturated heterocycles. The van der Waals surface area contributed by atoms with Crippen molar-refractivity contribution in [1.82, 2.24) is 4.98 Å². The van der Waals surface area contributed by atoms with Crippen molar-refractivity contribution in [3.8, 4) is 0 Å². The molecule has 0 radical (unpaired) electrons. The van der Waals surface area contributed by atoms with Gasteiger partial charge in [0.05, 0.1) is 12.7 Å². The molecular formula is C15H23N3O2. The van der Waals surface area contributed by atoms with E-state index in [9.17, 15) is 0 Å². The van der Waals surface area contributed by atoms with E-state index >= 15 is 0 Å². The summed E-state index contributed by atoms with van der Waals surface area (Å²) in [6.45, 7) is 2.70. The average molecular weight is 277 g/mol. The van der Waals surface area contributed by atoms with Gasteiger partial charge in [-0.2, -0.15) is 0 Å². The van der Waals surface area contributed by atoms with E-state index in [2.05, 4.69) is 17.1 Å². The normalized spacial score (nSPS) is 23.8. The SMILES string of the molecule is CCC1CCCC(OCc2cccnc2C(N)=NO)C1. The maximum absolute atomic E-state index is 8.78. The Morgan fingerprint density at radius 3 is 3.15 bits per heavy atom. The maximum atomic E-state index is 8.78. The minimum absolute atomic E-state index is 0.0271. The molecular weight excluding hydrogens is 254 g/mol. The monoisotopic (exact) mass is 277 g/mol. The second kappa shape index (κ2) is 7.24. The van der Waals surface area contributed by atoms with Crippen molar-refractivity contribution in [3.05, 3.63) is 29.6 Å². The van der Waals surface area contributed by atoms with Crippen LogP contribution in [0.25, 0.3) is 0 Å². The van der Waals surface area contributed by atoms with Gasteiger partial charge in [0.15, 0.2) is 5.84 Å². The van der Waals surface area contributed by atoms with Crippen molar-refractivity contribution in [2.75, 3.05) is 0 Å². The molecule has 2 rings (SSSR count). The maximum Gasteiger partial charge on any atom is 0.189 e. The predicted octanol–water partition coefficient (Wildman–Crippen LogP) is 2.66. The third-order valence-corrected chi connectivity index (χ3v) is 4.03. The van der Waals surface area contributed by atoms with Crippen LogP contribution in [-0.2, 0) is 11.3 Å². The van der Waals surface area contributed by atoms with E-state index in [1.807, 2.05) is 12.1 Å². The van der Waals surface area contributed by atoms with E-state index in [1.54, 1.807) is 6.20 Å². The summed E-state index contributed by atoms with van der Waals surface area (Å²) >= 11 is 0. The zero-order valence-electron chi connectivity index (χ0n) is 12.0. The molecule has 20 heavy (non-hydrogen) atoms. The van der Waals surface area contributed by atoms with Gasteiger partial charge in [0, 0.05) is 11.8 Å². The lowest BCUT2D eigenvalue weighted by Gasteiger charge is -2.28. The van der Waals surface area contributed by atoms with Crippen LogP contribution >= 0.6 is 0 Å². The molecule has 0 amide bonds. The van der Waals surface area contributed by atoms with E-state index < -0.39 is 0 Å². The van der Waals surface area contributed by atoms with Crippen LogP contribution in [-0.4, -0.2) is 22.1 Å². The molecule has 0 aromatic carbocycles. The van der Waals surface area contributed by atoms with Crippen LogP contribution in [0.15, 0.2) is 23.5 Å². The molecule has 0 aliphatic heterocycles. The number of rotatable bonds is 5. The van der Waals surface area contributed by atoms with Gasteiger partial charge in [0.25, 0.3) is 0 Å². The molecule has 1 saturated carbocycles. The van der Waals surface area contributed by atoms with Crippen LogP contribution in [0.3, 0.4) is 0 Å². The number of pyridine rings is 1. The van der Waals surface area contributed by atoms with Crippen molar-refractivity contribution in [3.63, 3.8) is 0 Å². The number of hydrogen-bond donors (Lipinski definition) is 2. The summed E-state index contributed by atoms with van der Waals surface area (Å²) in [6, 6.07) is 3.74. The van der Waals surface area contributed by atoms with Crippen molar-refractivity contribution in [2.24, 2.45) is 16.8 Å². The van der Waals surface area contributed by atoms with Gasteiger partial charge in [-0.15, -0.1) is 0 Å². The third-order valence-electron chi connectivity index (χ3n) is 4.03. The molecule has 1 fully saturated rings. The first-order valence-corrected chi connectivity index (χ1v) is 7.28. The summed E-state index contributed by atoms with van der Waals surface area (Å²) < 4.78 is 6.00. The fourth-order valence-electron chi connectivity index (χ4n) is 2.80. The molecule has 110 valence electrons. The summed E-state index contributed by atoms with van der Waals surface area (Å²) in [6.07, 6.45) is 7.98. The highest BCUT2D eigenvalue weighted by Crippen LogP contribution is 2.29. The Kier molecular flexibility index (Phi) is 5.35. The molecule has 2 atom stereocenters. The first-order valence-electron chi connectivity index (χ1n) is 7.28. The topological polar surface area (TPSA) is 80.7 Å². The molecule has 5 nitrogen and oxygen atoms in total. The highest BCUT2D eigenvalue weighted by atomic mass is 16.5. The zero-order chi connectivity index (χ0) is 14.4. The smallest absolute Gasteiger partial charge is 0.189 e. The average Bonchev–Trinajstić information content (AvgIpc) is 2.52. The molecule has 1 aromatic rings. The highest BCUT2D eigenvalue weighted by Gasteiger charge is 2.21. The Morgan fingerprint density at radius 1 is 1.55 bits per heavy atom. The first-order chi connectivity index (χ1) is 9.74. The van der Waals surface area contributed by atoms with Crippen LogP contribution in [0, 0.1) is 5.92 Å². The number of oxime groups is 1. The van der Waals surface area contributed by atoms with E-state index in [1.165, 1.54) is 19.3 Å².